The van der Waals surface area contributed by atoms with Gasteiger partial charge in [0.25, 0.3) is 5.91 Å². The number of halogens is 6. The Bertz CT molecular complexity index is 841. The minimum atomic E-state index is -5.00. The average Bonchev–Trinajstić information content (AvgIpc) is 3.21. The summed E-state index contributed by atoms with van der Waals surface area (Å²) in [6, 6.07) is 9.94. The van der Waals surface area contributed by atoms with Crippen molar-refractivity contribution in [1.82, 2.24) is 10.2 Å². The van der Waals surface area contributed by atoms with Crippen LogP contribution >= 0.6 is 0 Å². The Balaban J connectivity index is 1.83. The van der Waals surface area contributed by atoms with Gasteiger partial charge in [0, 0.05) is 12.1 Å². The Morgan fingerprint density at radius 2 is 1.43 bits per heavy atom. The van der Waals surface area contributed by atoms with Gasteiger partial charge in [0.05, 0.1) is 17.2 Å². The molecule has 0 aromatic heterocycles. The van der Waals surface area contributed by atoms with Crippen LogP contribution in [0.4, 0.5) is 26.3 Å². The lowest BCUT2D eigenvalue weighted by atomic mass is 10.0. The molecule has 1 heterocycles. The van der Waals surface area contributed by atoms with E-state index in [0.29, 0.717) is 12.1 Å². The van der Waals surface area contributed by atoms with Crippen molar-refractivity contribution in [3.05, 3.63) is 70.8 Å². The van der Waals surface area contributed by atoms with Gasteiger partial charge in [-0.1, -0.05) is 30.3 Å². The monoisotopic (exact) mass is 430 g/mol. The standard InChI is InChI=1S/C21H20F6N2O/c22-20(23,24)16-10-15(11-17(12-16)21(25,26)27)19(30)28-13-18(29-8-4-5-9-29)14-6-2-1-3-7-14/h1-3,6-7,10-12,18H,4-5,8-9,13H2,(H,28,30). The van der Waals surface area contributed by atoms with Crippen molar-refractivity contribution in [3.63, 3.8) is 0 Å². The number of benzene rings is 2. The van der Waals surface area contributed by atoms with Gasteiger partial charge < -0.3 is 5.32 Å². The van der Waals surface area contributed by atoms with E-state index in [9.17, 15) is 31.1 Å². The van der Waals surface area contributed by atoms with Crippen LogP contribution in [-0.4, -0.2) is 30.4 Å². The van der Waals surface area contributed by atoms with Crippen molar-refractivity contribution in [2.45, 2.75) is 31.2 Å². The van der Waals surface area contributed by atoms with E-state index in [1.54, 1.807) is 0 Å². The van der Waals surface area contributed by atoms with Gasteiger partial charge in [-0.2, -0.15) is 26.3 Å². The number of likely N-dealkylation sites (tertiary alicyclic amines) is 1. The minimum Gasteiger partial charge on any atom is -0.350 e. The third-order valence-corrected chi connectivity index (χ3v) is 5.07. The molecule has 0 radical (unpaired) electrons. The summed E-state index contributed by atoms with van der Waals surface area (Å²) in [4.78, 5) is 14.6. The van der Waals surface area contributed by atoms with Crippen LogP contribution in [0.1, 0.15) is 45.9 Å². The highest BCUT2D eigenvalue weighted by Gasteiger charge is 2.37. The van der Waals surface area contributed by atoms with Crippen LogP contribution in [0.5, 0.6) is 0 Å². The first-order valence-corrected chi connectivity index (χ1v) is 9.42. The quantitative estimate of drug-likeness (QED) is 0.654. The number of hydrogen-bond donors (Lipinski definition) is 1. The SMILES string of the molecule is O=C(NCC(c1ccccc1)N1CCCC1)c1cc(C(F)(F)F)cc(C(F)(F)F)c1. The van der Waals surface area contributed by atoms with E-state index < -0.39 is 35.0 Å². The van der Waals surface area contributed by atoms with Gasteiger partial charge in [-0.05, 0) is 49.7 Å². The van der Waals surface area contributed by atoms with E-state index in [2.05, 4.69) is 10.2 Å². The Labute approximate surface area is 169 Å². The zero-order valence-corrected chi connectivity index (χ0v) is 15.9. The molecule has 1 aliphatic rings. The molecule has 0 aliphatic carbocycles. The Morgan fingerprint density at radius 3 is 1.93 bits per heavy atom. The summed E-state index contributed by atoms with van der Waals surface area (Å²) in [6.45, 7) is 1.68. The molecule has 1 aliphatic heterocycles. The summed E-state index contributed by atoms with van der Waals surface area (Å²) >= 11 is 0. The lowest BCUT2D eigenvalue weighted by Crippen LogP contribution is -2.37. The first kappa shape index (κ1) is 22.1. The molecule has 1 unspecified atom stereocenters. The number of nitrogens with one attached hydrogen (secondary N) is 1. The van der Waals surface area contributed by atoms with Crippen LogP contribution in [0.3, 0.4) is 0 Å². The summed E-state index contributed by atoms with van der Waals surface area (Å²) in [5, 5.41) is 2.52. The van der Waals surface area contributed by atoms with E-state index in [4.69, 9.17) is 0 Å². The van der Waals surface area contributed by atoms with Crippen molar-refractivity contribution < 1.29 is 31.1 Å². The van der Waals surface area contributed by atoms with Crippen LogP contribution < -0.4 is 5.32 Å². The number of carbonyl (C=O) groups is 1. The zero-order chi connectivity index (χ0) is 21.9. The Morgan fingerprint density at radius 1 is 0.900 bits per heavy atom. The molecule has 1 N–H and O–H groups in total. The normalized spacial score (nSPS) is 16.5. The number of hydrogen-bond acceptors (Lipinski definition) is 2. The largest absolute Gasteiger partial charge is 0.416 e. The molecule has 1 atom stereocenters. The summed E-state index contributed by atoms with van der Waals surface area (Å²) in [5.41, 5.74) is -2.78. The zero-order valence-electron chi connectivity index (χ0n) is 15.9. The first-order chi connectivity index (χ1) is 14.1. The predicted molar refractivity (Wildman–Crippen MR) is 98.8 cm³/mol. The lowest BCUT2D eigenvalue weighted by Gasteiger charge is -2.28. The average molecular weight is 430 g/mol. The fraction of sp³-hybridized carbons (Fsp3) is 0.381. The van der Waals surface area contributed by atoms with Gasteiger partial charge in [-0.25, -0.2) is 0 Å². The molecule has 1 amide bonds. The minimum absolute atomic E-state index is 0.00772. The lowest BCUT2D eigenvalue weighted by molar-refractivity contribution is -0.143. The molecular formula is C21H20F6N2O. The van der Waals surface area contributed by atoms with Crippen molar-refractivity contribution >= 4 is 5.91 Å². The molecule has 2 aromatic carbocycles. The molecule has 1 fully saturated rings. The fourth-order valence-corrected chi connectivity index (χ4v) is 3.56. The van der Waals surface area contributed by atoms with Crippen molar-refractivity contribution in [3.8, 4) is 0 Å². The number of alkyl halides is 6. The van der Waals surface area contributed by atoms with Gasteiger partial charge in [0.1, 0.15) is 0 Å². The highest BCUT2D eigenvalue weighted by molar-refractivity contribution is 5.94. The predicted octanol–water partition coefficient (Wildman–Crippen LogP) is 5.29. The van der Waals surface area contributed by atoms with Gasteiger partial charge in [0.15, 0.2) is 0 Å². The molecule has 9 heteroatoms. The summed E-state index contributed by atoms with van der Waals surface area (Å²) < 4.78 is 78.2. The Hall–Kier alpha value is -2.55. The third-order valence-electron chi connectivity index (χ3n) is 5.07. The number of carbonyl (C=O) groups excluding carboxylic acids is 1. The highest BCUT2D eigenvalue weighted by Crippen LogP contribution is 2.36. The molecule has 30 heavy (non-hydrogen) atoms. The van der Waals surface area contributed by atoms with Gasteiger partial charge >= 0.3 is 12.4 Å². The second kappa shape index (κ2) is 8.67. The molecule has 1 saturated heterocycles. The molecule has 0 bridgehead atoms. The van der Waals surface area contributed by atoms with Gasteiger partial charge in [-0.3, -0.25) is 9.69 Å². The van der Waals surface area contributed by atoms with Crippen molar-refractivity contribution in [2.24, 2.45) is 0 Å². The van der Waals surface area contributed by atoms with E-state index >= 15 is 0 Å². The third kappa shape index (κ3) is 5.33. The van der Waals surface area contributed by atoms with Crippen LogP contribution in [0.2, 0.25) is 0 Å². The number of rotatable bonds is 5. The topological polar surface area (TPSA) is 32.3 Å². The second-order valence-electron chi connectivity index (χ2n) is 7.17. The van der Waals surface area contributed by atoms with Crippen molar-refractivity contribution in [1.29, 1.82) is 0 Å². The van der Waals surface area contributed by atoms with Crippen molar-refractivity contribution in [2.75, 3.05) is 19.6 Å². The van der Waals surface area contributed by atoms with E-state index in [1.807, 2.05) is 30.3 Å². The molecular weight excluding hydrogens is 410 g/mol. The maximum Gasteiger partial charge on any atom is 0.416 e. The van der Waals surface area contributed by atoms with Crippen LogP contribution in [0.25, 0.3) is 0 Å². The summed E-state index contributed by atoms with van der Waals surface area (Å²) in [7, 11) is 0. The molecule has 162 valence electrons. The van der Waals surface area contributed by atoms with E-state index in [-0.39, 0.29) is 18.7 Å². The maximum absolute atomic E-state index is 13.0. The Kier molecular flexibility index (Phi) is 6.40. The van der Waals surface area contributed by atoms with E-state index in [0.717, 1.165) is 31.5 Å². The van der Waals surface area contributed by atoms with Gasteiger partial charge in [0.2, 0.25) is 0 Å². The first-order valence-electron chi connectivity index (χ1n) is 9.42. The molecule has 3 nitrogen and oxygen atoms in total. The maximum atomic E-state index is 13.0. The molecule has 2 aromatic rings. The van der Waals surface area contributed by atoms with Crippen LogP contribution in [0, 0.1) is 0 Å². The molecule has 0 spiro atoms. The highest BCUT2D eigenvalue weighted by atomic mass is 19.4. The van der Waals surface area contributed by atoms with Gasteiger partial charge in [-0.15, -0.1) is 0 Å². The molecule has 0 saturated carbocycles. The fourth-order valence-electron chi connectivity index (χ4n) is 3.56. The van der Waals surface area contributed by atoms with Crippen LogP contribution in [0.15, 0.2) is 48.5 Å². The summed E-state index contributed by atoms with van der Waals surface area (Å²) in [6.07, 6.45) is -8.03. The van der Waals surface area contributed by atoms with Crippen LogP contribution in [-0.2, 0) is 12.4 Å². The molecule has 3 rings (SSSR count). The number of amides is 1. The second-order valence-corrected chi connectivity index (χ2v) is 7.17. The van der Waals surface area contributed by atoms with E-state index in [1.165, 1.54) is 0 Å². The summed E-state index contributed by atoms with van der Waals surface area (Å²) in [5.74, 6) is -0.980. The smallest absolute Gasteiger partial charge is 0.350 e. The number of nitrogens with zero attached hydrogens (tertiary/aromatic N) is 1.